The van der Waals surface area contributed by atoms with Gasteiger partial charge in [-0.15, -0.1) is 0 Å². The smallest absolute Gasteiger partial charge is 0.134 e. The molecule has 1 N–H and O–H groups in total. The molecule has 0 aliphatic carbocycles. The predicted octanol–water partition coefficient (Wildman–Crippen LogP) is 3.81. The van der Waals surface area contributed by atoms with Crippen molar-refractivity contribution in [2.75, 3.05) is 0 Å². The average Bonchev–Trinajstić information content (AvgIpc) is 2.81. The van der Waals surface area contributed by atoms with Gasteiger partial charge < -0.3 is 9.52 Å². The van der Waals surface area contributed by atoms with Gasteiger partial charge in [-0.2, -0.15) is 0 Å². The normalized spacial score (nSPS) is 10.8. The van der Waals surface area contributed by atoms with Crippen molar-refractivity contribution in [3.8, 4) is 17.1 Å². The Morgan fingerprint density at radius 3 is 2.69 bits per heavy atom. The number of rotatable bonds is 1. The van der Waals surface area contributed by atoms with Crippen LogP contribution in [0.4, 0.5) is 0 Å². The minimum atomic E-state index is 0.282. The molecular weight excluding hydrogens is 200 g/mol. The molecule has 0 saturated carbocycles. The van der Waals surface area contributed by atoms with E-state index in [-0.39, 0.29) is 5.75 Å². The van der Waals surface area contributed by atoms with Crippen molar-refractivity contribution < 1.29 is 9.52 Å². The summed E-state index contributed by atoms with van der Waals surface area (Å²) in [7, 11) is 0. The summed E-state index contributed by atoms with van der Waals surface area (Å²) in [6, 6.07) is 15.1. The van der Waals surface area contributed by atoms with Crippen LogP contribution in [0.2, 0.25) is 0 Å². The highest BCUT2D eigenvalue weighted by atomic mass is 16.3. The van der Waals surface area contributed by atoms with E-state index in [0.717, 1.165) is 22.1 Å². The van der Waals surface area contributed by atoms with Gasteiger partial charge in [0.15, 0.2) is 0 Å². The maximum atomic E-state index is 9.43. The van der Waals surface area contributed by atoms with Crippen LogP contribution in [0.3, 0.4) is 0 Å². The first-order valence-electron chi connectivity index (χ1n) is 5.10. The standard InChI is InChI=1S/C14H10O2/c15-11-6-7-12-10(9-11)3-1-4-13(12)14-5-2-8-16-14/h1-9,15H. The number of aromatic hydroxyl groups is 1. The van der Waals surface area contributed by atoms with Gasteiger partial charge in [0.05, 0.1) is 6.26 Å². The maximum Gasteiger partial charge on any atom is 0.134 e. The summed E-state index contributed by atoms with van der Waals surface area (Å²) in [4.78, 5) is 0. The second kappa shape index (κ2) is 3.42. The van der Waals surface area contributed by atoms with Crippen LogP contribution in [-0.4, -0.2) is 5.11 Å². The quantitative estimate of drug-likeness (QED) is 0.662. The lowest BCUT2D eigenvalue weighted by Crippen LogP contribution is -1.78. The van der Waals surface area contributed by atoms with Crippen LogP contribution in [0, 0.1) is 0 Å². The van der Waals surface area contributed by atoms with Crippen LogP contribution in [0.1, 0.15) is 0 Å². The summed E-state index contributed by atoms with van der Waals surface area (Å²) in [6.45, 7) is 0. The third kappa shape index (κ3) is 1.36. The fourth-order valence-electron chi connectivity index (χ4n) is 1.92. The molecule has 1 aromatic heterocycles. The second-order valence-electron chi connectivity index (χ2n) is 3.69. The molecule has 2 nitrogen and oxygen atoms in total. The van der Waals surface area contributed by atoms with E-state index in [1.54, 1.807) is 18.4 Å². The fraction of sp³-hybridized carbons (Fsp3) is 0. The molecule has 2 aromatic carbocycles. The molecular formula is C14H10O2. The van der Waals surface area contributed by atoms with Crippen molar-refractivity contribution in [1.82, 2.24) is 0 Å². The van der Waals surface area contributed by atoms with E-state index in [9.17, 15) is 5.11 Å². The molecule has 0 saturated heterocycles. The Morgan fingerprint density at radius 2 is 1.88 bits per heavy atom. The van der Waals surface area contributed by atoms with Crippen LogP contribution in [0.5, 0.6) is 5.75 Å². The lowest BCUT2D eigenvalue weighted by Gasteiger charge is -2.04. The number of hydrogen-bond donors (Lipinski definition) is 1. The van der Waals surface area contributed by atoms with Gasteiger partial charge in [-0.05, 0) is 41.1 Å². The summed E-state index contributed by atoms with van der Waals surface area (Å²) in [5.41, 5.74) is 1.04. The molecule has 0 bridgehead atoms. The van der Waals surface area contributed by atoms with E-state index in [4.69, 9.17) is 4.42 Å². The number of hydrogen-bond acceptors (Lipinski definition) is 2. The summed E-state index contributed by atoms with van der Waals surface area (Å²) < 4.78 is 5.40. The lowest BCUT2D eigenvalue weighted by atomic mass is 10.0. The summed E-state index contributed by atoms with van der Waals surface area (Å²) in [5.74, 6) is 1.13. The minimum Gasteiger partial charge on any atom is -0.508 e. The molecule has 1 heterocycles. The minimum absolute atomic E-state index is 0.282. The van der Waals surface area contributed by atoms with E-state index in [1.807, 2.05) is 36.4 Å². The fourth-order valence-corrected chi connectivity index (χ4v) is 1.92. The van der Waals surface area contributed by atoms with Crippen LogP contribution >= 0.6 is 0 Å². The first-order chi connectivity index (χ1) is 7.84. The van der Waals surface area contributed by atoms with Crippen molar-refractivity contribution in [2.45, 2.75) is 0 Å². The van der Waals surface area contributed by atoms with Crippen molar-refractivity contribution in [1.29, 1.82) is 0 Å². The molecule has 78 valence electrons. The molecule has 0 aliphatic heterocycles. The van der Waals surface area contributed by atoms with Gasteiger partial charge in [-0.1, -0.05) is 18.2 Å². The van der Waals surface area contributed by atoms with E-state index in [0.29, 0.717) is 0 Å². The first-order valence-corrected chi connectivity index (χ1v) is 5.10. The third-order valence-electron chi connectivity index (χ3n) is 2.65. The Morgan fingerprint density at radius 1 is 0.938 bits per heavy atom. The molecule has 0 spiro atoms. The molecule has 0 fully saturated rings. The summed E-state index contributed by atoms with van der Waals surface area (Å²) in [5, 5.41) is 11.5. The van der Waals surface area contributed by atoms with Crippen molar-refractivity contribution in [3.05, 3.63) is 54.8 Å². The number of furan rings is 1. The lowest BCUT2D eigenvalue weighted by molar-refractivity contribution is 0.476. The van der Waals surface area contributed by atoms with Crippen LogP contribution in [0.15, 0.2) is 59.2 Å². The highest BCUT2D eigenvalue weighted by molar-refractivity contribution is 5.96. The molecule has 0 unspecified atom stereocenters. The number of fused-ring (bicyclic) bond motifs is 1. The number of phenolic OH excluding ortho intramolecular Hbond substituents is 1. The largest absolute Gasteiger partial charge is 0.508 e. The maximum absolute atomic E-state index is 9.43. The van der Waals surface area contributed by atoms with Crippen LogP contribution < -0.4 is 0 Å². The molecule has 16 heavy (non-hydrogen) atoms. The summed E-state index contributed by atoms with van der Waals surface area (Å²) in [6.07, 6.45) is 1.66. The Balaban J connectivity index is 2.34. The van der Waals surface area contributed by atoms with Crippen molar-refractivity contribution in [2.24, 2.45) is 0 Å². The predicted molar refractivity (Wildman–Crippen MR) is 63.3 cm³/mol. The zero-order chi connectivity index (χ0) is 11.0. The molecule has 0 amide bonds. The van der Waals surface area contributed by atoms with Gasteiger partial charge in [0.25, 0.3) is 0 Å². The number of benzene rings is 2. The zero-order valence-electron chi connectivity index (χ0n) is 8.55. The monoisotopic (exact) mass is 210 g/mol. The second-order valence-corrected chi connectivity index (χ2v) is 3.69. The molecule has 3 rings (SSSR count). The van der Waals surface area contributed by atoms with E-state index < -0.39 is 0 Å². The van der Waals surface area contributed by atoms with Gasteiger partial charge in [-0.3, -0.25) is 0 Å². The van der Waals surface area contributed by atoms with Gasteiger partial charge in [-0.25, -0.2) is 0 Å². The highest BCUT2D eigenvalue weighted by Crippen LogP contribution is 2.30. The number of phenols is 1. The molecule has 0 aliphatic rings. The van der Waals surface area contributed by atoms with E-state index >= 15 is 0 Å². The summed E-state index contributed by atoms with van der Waals surface area (Å²) >= 11 is 0. The van der Waals surface area contributed by atoms with Crippen LogP contribution in [-0.2, 0) is 0 Å². The topological polar surface area (TPSA) is 33.4 Å². The van der Waals surface area contributed by atoms with Gasteiger partial charge in [0, 0.05) is 5.56 Å². The average molecular weight is 210 g/mol. The SMILES string of the molecule is Oc1ccc2c(-c3ccco3)cccc2c1. The van der Waals surface area contributed by atoms with Crippen molar-refractivity contribution in [3.63, 3.8) is 0 Å². The van der Waals surface area contributed by atoms with Gasteiger partial charge in [0.2, 0.25) is 0 Å². The molecule has 3 aromatic rings. The Labute approximate surface area is 92.8 Å². The van der Waals surface area contributed by atoms with Crippen molar-refractivity contribution >= 4 is 10.8 Å². The third-order valence-corrected chi connectivity index (χ3v) is 2.65. The Hall–Kier alpha value is -2.22. The molecule has 0 radical (unpaired) electrons. The highest BCUT2D eigenvalue weighted by Gasteiger charge is 2.05. The Kier molecular flexibility index (Phi) is 1.93. The van der Waals surface area contributed by atoms with Gasteiger partial charge >= 0.3 is 0 Å². The van der Waals surface area contributed by atoms with E-state index in [2.05, 4.69) is 0 Å². The first kappa shape index (κ1) is 9.04. The Bertz CT molecular complexity index is 624. The van der Waals surface area contributed by atoms with E-state index in [1.165, 1.54) is 0 Å². The van der Waals surface area contributed by atoms with Crippen LogP contribution in [0.25, 0.3) is 22.1 Å². The zero-order valence-corrected chi connectivity index (χ0v) is 8.55. The molecule has 0 atom stereocenters. The van der Waals surface area contributed by atoms with Gasteiger partial charge in [0.1, 0.15) is 11.5 Å². The molecule has 2 heteroatoms.